The molecule has 0 radical (unpaired) electrons. The fourth-order valence-corrected chi connectivity index (χ4v) is 2.71. The number of alkyl halides is 1. The third-order valence-electron chi connectivity index (χ3n) is 3.43. The average Bonchev–Trinajstić information content (AvgIpc) is 2.43. The lowest BCUT2D eigenvalue weighted by molar-refractivity contribution is 0.342. The highest BCUT2D eigenvalue weighted by molar-refractivity contribution is 7.99. The van der Waals surface area contributed by atoms with Gasteiger partial charge in [-0.2, -0.15) is 0 Å². The summed E-state index contributed by atoms with van der Waals surface area (Å²) < 4.78 is 14.0. The second kappa shape index (κ2) is 8.27. The van der Waals surface area contributed by atoms with E-state index in [9.17, 15) is 4.39 Å². The Balaban J connectivity index is 3.04. The molecule has 21 heavy (non-hydrogen) atoms. The van der Waals surface area contributed by atoms with Gasteiger partial charge in [0.2, 0.25) is 0 Å². The van der Waals surface area contributed by atoms with Crippen molar-refractivity contribution in [1.29, 1.82) is 0 Å². The molecule has 1 aromatic heterocycles. The lowest BCUT2D eigenvalue weighted by Gasteiger charge is -2.26. The van der Waals surface area contributed by atoms with Gasteiger partial charge in [-0.25, -0.2) is 9.37 Å². The van der Waals surface area contributed by atoms with E-state index in [1.807, 2.05) is 13.0 Å². The number of anilines is 2. The third kappa shape index (κ3) is 4.92. The van der Waals surface area contributed by atoms with Gasteiger partial charge in [-0.1, -0.05) is 26.0 Å². The SMILES string of the molecule is C=C(CC)CCN(c1cc(C)c(N)c(SCC)n1)C(C)F. The monoisotopic (exact) mass is 311 g/mol. The molecule has 2 N–H and O–H groups in total. The van der Waals surface area contributed by atoms with Gasteiger partial charge in [-0.15, -0.1) is 11.8 Å². The summed E-state index contributed by atoms with van der Waals surface area (Å²) in [5.41, 5.74) is 8.80. The number of hydrogen-bond acceptors (Lipinski definition) is 4. The molecule has 1 heterocycles. The molecular formula is C16H26FN3S. The molecule has 0 spiro atoms. The smallest absolute Gasteiger partial charge is 0.170 e. The van der Waals surface area contributed by atoms with Gasteiger partial charge in [0.25, 0.3) is 0 Å². The van der Waals surface area contributed by atoms with Gasteiger partial charge < -0.3 is 10.6 Å². The zero-order chi connectivity index (χ0) is 16.0. The van der Waals surface area contributed by atoms with Crippen LogP contribution >= 0.6 is 11.8 Å². The molecule has 0 aliphatic carbocycles. The van der Waals surface area contributed by atoms with Crippen LogP contribution in [0.5, 0.6) is 0 Å². The standard InChI is InChI=1S/C16H26FN3S/c1-6-11(3)8-9-20(13(5)17)14-10-12(4)15(18)16(19-14)21-7-2/h10,13H,3,6-9,18H2,1-2,4-5H3. The summed E-state index contributed by atoms with van der Waals surface area (Å²) in [6.45, 7) is 12.1. The van der Waals surface area contributed by atoms with E-state index in [4.69, 9.17) is 5.73 Å². The molecule has 0 bridgehead atoms. The number of halogens is 1. The highest BCUT2D eigenvalue weighted by Crippen LogP contribution is 2.30. The molecule has 1 atom stereocenters. The fraction of sp³-hybridized carbons (Fsp3) is 0.562. The number of nitrogen functional groups attached to an aromatic ring is 1. The summed E-state index contributed by atoms with van der Waals surface area (Å²) in [6.07, 6.45) is 0.593. The topological polar surface area (TPSA) is 42.1 Å². The minimum atomic E-state index is -1.09. The molecular weight excluding hydrogens is 285 g/mol. The van der Waals surface area contributed by atoms with Gasteiger partial charge in [-0.3, -0.25) is 0 Å². The Morgan fingerprint density at radius 3 is 2.71 bits per heavy atom. The lowest BCUT2D eigenvalue weighted by atomic mass is 10.1. The zero-order valence-corrected chi connectivity index (χ0v) is 14.3. The Morgan fingerprint density at radius 1 is 1.52 bits per heavy atom. The van der Waals surface area contributed by atoms with Gasteiger partial charge >= 0.3 is 0 Å². The molecule has 118 valence electrons. The molecule has 0 aliphatic rings. The van der Waals surface area contributed by atoms with Crippen LogP contribution < -0.4 is 10.6 Å². The predicted molar refractivity (Wildman–Crippen MR) is 91.7 cm³/mol. The van der Waals surface area contributed by atoms with Crippen molar-refractivity contribution in [1.82, 2.24) is 4.98 Å². The van der Waals surface area contributed by atoms with Crippen LogP contribution in [-0.2, 0) is 0 Å². The van der Waals surface area contributed by atoms with Gasteiger partial charge in [0.1, 0.15) is 10.8 Å². The van der Waals surface area contributed by atoms with Crippen molar-refractivity contribution in [3.8, 4) is 0 Å². The molecule has 0 aliphatic heterocycles. The number of nitrogens with zero attached hydrogens (tertiary/aromatic N) is 2. The number of thioether (sulfide) groups is 1. The van der Waals surface area contributed by atoms with Crippen LogP contribution in [0.2, 0.25) is 0 Å². The number of aromatic nitrogens is 1. The molecule has 5 heteroatoms. The van der Waals surface area contributed by atoms with Crippen LogP contribution in [-0.4, -0.2) is 23.6 Å². The Bertz CT molecular complexity index is 489. The quantitative estimate of drug-likeness (QED) is 0.434. The molecule has 0 aromatic carbocycles. The Kier molecular flexibility index (Phi) is 7.02. The summed E-state index contributed by atoms with van der Waals surface area (Å²) in [5.74, 6) is 1.54. The largest absolute Gasteiger partial charge is 0.396 e. The zero-order valence-electron chi connectivity index (χ0n) is 13.4. The first-order valence-electron chi connectivity index (χ1n) is 7.37. The molecule has 0 saturated carbocycles. The second-order valence-electron chi connectivity index (χ2n) is 5.07. The molecule has 1 rings (SSSR count). The van der Waals surface area contributed by atoms with Crippen LogP contribution in [0.3, 0.4) is 0 Å². The van der Waals surface area contributed by atoms with E-state index in [0.29, 0.717) is 18.1 Å². The molecule has 0 saturated heterocycles. The van der Waals surface area contributed by atoms with E-state index >= 15 is 0 Å². The average molecular weight is 311 g/mol. The maximum absolute atomic E-state index is 14.0. The second-order valence-corrected chi connectivity index (χ2v) is 6.32. The maximum Gasteiger partial charge on any atom is 0.170 e. The van der Waals surface area contributed by atoms with Crippen molar-refractivity contribution < 1.29 is 4.39 Å². The first-order chi connectivity index (χ1) is 9.90. The Labute approximate surface area is 131 Å². The maximum atomic E-state index is 14.0. The number of nitrogens with two attached hydrogens (primary N) is 1. The summed E-state index contributed by atoms with van der Waals surface area (Å²) >= 11 is 1.59. The predicted octanol–water partition coefficient (Wildman–Crippen LogP) is 4.56. The number of hydrogen-bond donors (Lipinski definition) is 1. The van der Waals surface area contributed by atoms with Crippen LogP contribution in [0.15, 0.2) is 23.2 Å². The van der Waals surface area contributed by atoms with Crippen molar-refractivity contribution in [2.75, 3.05) is 22.9 Å². The highest BCUT2D eigenvalue weighted by atomic mass is 32.2. The summed E-state index contributed by atoms with van der Waals surface area (Å²) in [7, 11) is 0. The van der Waals surface area contributed by atoms with Crippen LogP contribution in [0.4, 0.5) is 15.9 Å². The van der Waals surface area contributed by atoms with E-state index in [0.717, 1.165) is 34.8 Å². The van der Waals surface area contributed by atoms with Crippen molar-refractivity contribution in [2.45, 2.75) is 51.9 Å². The van der Waals surface area contributed by atoms with Gasteiger partial charge in [-0.05, 0) is 44.1 Å². The Hall–Kier alpha value is -1.23. The molecule has 1 aromatic rings. The lowest BCUT2D eigenvalue weighted by Crippen LogP contribution is -2.32. The van der Waals surface area contributed by atoms with Crippen LogP contribution in [0, 0.1) is 6.92 Å². The Morgan fingerprint density at radius 2 is 2.19 bits per heavy atom. The van der Waals surface area contributed by atoms with Gasteiger partial charge in [0.15, 0.2) is 6.30 Å². The molecule has 0 fully saturated rings. The number of aryl methyl sites for hydroxylation is 1. The minimum Gasteiger partial charge on any atom is -0.396 e. The van der Waals surface area contributed by atoms with Gasteiger partial charge in [0, 0.05) is 6.54 Å². The van der Waals surface area contributed by atoms with Crippen molar-refractivity contribution in [2.24, 2.45) is 0 Å². The summed E-state index contributed by atoms with van der Waals surface area (Å²) in [4.78, 5) is 6.22. The molecule has 3 nitrogen and oxygen atoms in total. The highest BCUT2D eigenvalue weighted by Gasteiger charge is 2.17. The minimum absolute atomic E-state index is 0.580. The van der Waals surface area contributed by atoms with Crippen LogP contribution in [0.1, 0.15) is 39.2 Å². The first kappa shape index (κ1) is 17.8. The first-order valence-corrected chi connectivity index (χ1v) is 8.36. The fourth-order valence-electron chi connectivity index (χ4n) is 1.96. The van der Waals surface area contributed by atoms with Crippen molar-refractivity contribution in [3.05, 3.63) is 23.8 Å². The van der Waals surface area contributed by atoms with Crippen LogP contribution in [0.25, 0.3) is 0 Å². The number of rotatable bonds is 8. The van der Waals surface area contributed by atoms with Crippen molar-refractivity contribution in [3.63, 3.8) is 0 Å². The normalized spacial score (nSPS) is 12.2. The number of pyridine rings is 1. The van der Waals surface area contributed by atoms with E-state index in [-0.39, 0.29) is 0 Å². The summed E-state index contributed by atoms with van der Waals surface area (Å²) in [6, 6.07) is 1.86. The van der Waals surface area contributed by atoms with E-state index in [2.05, 4.69) is 25.4 Å². The van der Waals surface area contributed by atoms with E-state index in [1.54, 1.807) is 16.7 Å². The van der Waals surface area contributed by atoms with E-state index in [1.165, 1.54) is 6.92 Å². The third-order valence-corrected chi connectivity index (χ3v) is 4.30. The van der Waals surface area contributed by atoms with E-state index < -0.39 is 6.30 Å². The molecule has 0 amide bonds. The summed E-state index contributed by atoms with van der Waals surface area (Å²) in [5, 5.41) is 0.785. The van der Waals surface area contributed by atoms with Crippen molar-refractivity contribution >= 4 is 23.3 Å². The van der Waals surface area contributed by atoms with Gasteiger partial charge in [0.05, 0.1) is 5.69 Å². The molecule has 1 unspecified atom stereocenters.